The number of hydrogen-bond acceptors (Lipinski definition) is 2. The van der Waals surface area contributed by atoms with Crippen LogP contribution >= 0.6 is 23.2 Å². The third-order valence-corrected chi connectivity index (χ3v) is 3.62. The van der Waals surface area contributed by atoms with Gasteiger partial charge in [0.15, 0.2) is 0 Å². The molecule has 0 spiro atoms. The quantitative estimate of drug-likeness (QED) is 0.714. The summed E-state index contributed by atoms with van der Waals surface area (Å²) in [5.41, 5.74) is 1.12. The molecular formula is C17H19Cl2NO. The number of ether oxygens (including phenoxy) is 1. The third kappa shape index (κ3) is 4.92. The fourth-order valence-corrected chi connectivity index (χ4v) is 2.48. The lowest BCUT2D eigenvalue weighted by Gasteiger charge is -2.21. The van der Waals surface area contributed by atoms with Gasteiger partial charge in [-0.1, -0.05) is 60.5 Å². The van der Waals surface area contributed by atoms with Gasteiger partial charge in [-0.05, 0) is 36.7 Å². The van der Waals surface area contributed by atoms with E-state index in [9.17, 15) is 0 Å². The molecule has 2 aromatic rings. The second-order valence-electron chi connectivity index (χ2n) is 4.80. The smallest absolute Gasteiger partial charge is 0.139 e. The monoisotopic (exact) mass is 323 g/mol. The van der Waals surface area contributed by atoms with Crippen LogP contribution in [0.2, 0.25) is 10.0 Å². The van der Waals surface area contributed by atoms with Gasteiger partial charge in [0.05, 0.1) is 5.02 Å². The largest absolute Gasteiger partial charge is 0.483 e. The van der Waals surface area contributed by atoms with Crippen LogP contribution in [0.3, 0.4) is 0 Å². The van der Waals surface area contributed by atoms with Gasteiger partial charge < -0.3 is 10.1 Å². The number of hydrogen-bond donors (Lipinski definition) is 1. The summed E-state index contributed by atoms with van der Waals surface area (Å²) < 4.78 is 6.08. The summed E-state index contributed by atoms with van der Waals surface area (Å²) in [5, 5.41) is 4.52. The lowest BCUT2D eigenvalue weighted by Crippen LogP contribution is -2.25. The topological polar surface area (TPSA) is 21.3 Å². The fraction of sp³-hybridized carbons (Fsp3) is 0.294. The number of rotatable bonds is 7. The molecule has 0 saturated carbocycles. The summed E-state index contributed by atoms with van der Waals surface area (Å²) >= 11 is 12.1. The van der Waals surface area contributed by atoms with Crippen LogP contribution in [0.1, 0.15) is 25.0 Å². The number of benzene rings is 2. The van der Waals surface area contributed by atoms with E-state index < -0.39 is 0 Å². The maximum atomic E-state index is 6.19. The molecule has 0 fully saturated rings. The van der Waals surface area contributed by atoms with Crippen LogP contribution in [-0.2, 0) is 0 Å². The van der Waals surface area contributed by atoms with E-state index in [2.05, 4.69) is 24.4 Å². The molecule has 0 bridgehead atoms. The van der Waals surface area contributed by atoms with E-state index in [0.717, 1.165) is 25.1 Å². The maximum absolute atomic E-state index is 6.19. The molecule has 1 N–H and O–H groups in total. The summed E-state index contributed by atoms with van der Waals surface area (Å²) in [4.78, 5) is 0. The van der Waals surface area contributed by atoms with Gasteiger partial charge in [0.25, 0.3) is 0 Å². The van der Waals surface area contributed by atoms with Crippen molar-refractivity contribution in [2.75, 3.05) is 13.1 Å². The Morgan fingerprint density at radius 3 is 2.52 bits per heavy atom. The van der Waals surface area contributed by atoms with Gasteiger partial charge in [0, 0.05) is 11.6 Å². The van der Waals surface area contributed by atoms with Gasteiger partial charge in [-0.2, -0.15) is 0 Å². The van der Waals surface area contributed by atoms with Crippen LogP contribution in [0.4, 0.5) is 0 Å². The van der Waals surface area contributed by atoms with Crippen LogP contribution in [0.25, 0.3) is 0 Å². The van der Waals surface area contributed by atoms with E-state index in [1.165, 1.54) is 0 Å². The molecule has 21 heavy (non-hydrogen) atoms. The van der Waals surface area contributed by atoms with Crippen molar-refractivity contribution in [1.82, 2.24) is 5.32 Å². The Morgan fingerprint density at radius 1 is 1.10 bits per heavy atom. The molecule has 1 atom stereocenters. The highest BCUT2D eigenvalue weighted by Crippen LogP contribution is 2.31. The average Bonchev–Trinajstić information content (AvgIpc) is 2.49. The molecule has 4 heteroatoms. The molecule has 2 aromatic carbocycles. The van der Waals surface area contributed by atoms with Gasteiger partial charge >= 0.3 is 0 Å². The Morgan fingerprint density at radius 2 is 1.86 bits per heavy atom. The van der Waals surface area contributed by atoms with E-state index in [1.807, 2.05) is 18.2 Å². The van der Waals surface area contributed by atoms with E-state index in [-0.39, 0.29) is 6.10 Å². The Labute approximate surface area is 136 Å². The summed E-state index contributed by atoms with van der Waals surface area (Å²) in [6.45, 7) is 3.83. The van der Waals surface area contributed by atoms with Crippen molar-refractivity contribution in [3.05, 3.63) is 64.1 Å². The molecule has 0 radical (unpaired) electrons. The van der Waals surface area contributed by atoms with Gasteiger partial charge in [-0.3, -0.25) is 0 Å². The summed E-state index contributed by atoms with van der Waals surface area (Å²) in [7, 11) is 0. The first kappa shape index (κ1) is 16.2. The van der Waals surface area contributed by atoms with Crippen molar-refractivity contribution >= 4 is 23.2 Å². The minimum atomic E-state index is -0.0866. The zero-order valence-corrected chi connectivity index (χ0v) is 13.5. The molecule has 112 valence electrons. The Kier molecular flexibility index (Phi) is 6.37. The second-order valence-corrected chi connectivity index (χ2v) is 5.64. The first-order valence-electron chi connectivity index (χ1n) is 7.08. The molecule has 0 amide bonds. The Hall–Kier alpha value is -1.22. The van der Waals surface area contributed by atoms with Crippen LogP contribution < -0.4 is 10.1 Å². The lowest BCUT2D eigenvalue weighted by molar-refractivity contribution is 0.202. The summed E-state index contributed by atoms with van der Waals surface area (Å²) in [5.74, 6) is 0.646. The van der Waals surface area contributed by atoms with Crippen molar-refractivity contribution < 1.29 is 4.74 Å². The zero-order chi connectivity index (χ0) is 15.1. The molecule has 0 aliphatic carbocycles. The Bertz CT molecular complexity index is 560. The number of halogens is 2. The van der Waals surface area contributed by atoms with Gasteiger partial charge in [0.1, 0.15) is 11.9 Å². The first-order valence-corrected chi connectivity index (χ1v) is 7.83. The van der Waals surface area contributed by atoms with Gasteiger partial charge in [0.2, 0.25) is 0 Å². The molecular weight excluding hydrogens is 305 g/mol. The molecule has 0 aromatic heterocycles. The van der Waals surface area contributed by atoms with Crippen LogP contribution in [0.5, 0.6) is 5.75 Å². The fourth-order valence-electron chi connectivity index (χ4n) is 2.03. The minimum absolute atomic E-state index is 0.0866. The van der Waals surface area contributed by atoms with Gasteiger partial charge in [-0.15, -0.1) is 0 Å². The molecule has 2 rings (SSSR count). The van der Waals surface area contributed by atoms with Crippen LogP contribution in [0.15, 0.2) is 48.5 Å². The molecule has 0 aliphatic heterocycles. The number of nitrogens with one attached hydrogen (secondary N) is 1. The van der Waals surface area contributed by atoms with E-state index in [1.54, 1.807) is 18.2 Å². The highest BCUT2D eigenvalue weighted by Gasteiger charge is 2.14. The lowest BCUT2D eigenvalue weighted by atomic mass is 10.1. The van der Waals surface area contributed by atoms with E-state index >= 15 is 0 Å². The third-order valence-electron chi connectivity index (χ3n) is 3.09. The standard InChI is InChI=1S/C17H19Cl2NO/c1-2-10-20-12-17(13-6-4-3-5-7-13)21-16-9-8-14(18)11-15(16)19/h3-9,11,17,20H,2,10,12H2,1H3. The van der Waals surface area contributed by atoms with Crippen LogP contribution in [0, 0.1) is 0 Å². The molecule has 0 saturated heterocycles. The van der Waals surface area contributed by atoms with Crippen molar-refractivity contribution in [2.45, 2.75) is 19.4 Å². The Balaban J connectivity index is 2.15. The predicted octanol–water partition coefficient (Wildman–Crippen LogP) is 5.11. The summed E-state index contributed by atoms with van der Waals surface area (Å²) in [6, 6.07) is 15.4. The molecule has 1 unspecified atom stereocenters. The predicted molar refractivity (Wildman–Crippen MR) is 89.4 cm³/mol. The van der Waals surface area contributed by atoms with E-state index in [4.69, 9.17) is 27.9 Å². The SMILES string of the molecule is CCCNCC(Oc1ccc(Cl)cc1Cl)c1ccccc1. The van der Waals surface area contributed by atoms with Crippen LogP contribution in [-0.4, -0.2) is 13.1 Å². The van der Waals surface area contributed by atoms with Crippen molar-refractivity contribution in [3.8, 4) is 5.75 Å². The molecule has 2 nitrogen and oxygen atoms in total. The zero-order valence-electron chi connectivity index (χ0n) is 12.0. The van der Waals surface area contributed by atoms with Crippen molar-refractivity contribution in [2.24, 2.45) is 0 Å². The average molecular weight is 324 g/mol. The highest BCUT2D eigenvalue weighted by atomic mass is 35.5. The highest BCUT2D eigenvalue weighted by molar-refractivity contribution is 6.35. The van der Waals surface area contributed by atoms with E-state index in [0.29, 0.717) is 15.8 Å². The maximum Gasteiger partial charge on any atom is 0.139 e. The molecule has 0 aliphatic rings. The normalized spacial score (nSPS) is 12.1. The first-order chi connectivity index (χ1) is 10.2. The molecule has 0 heterocycles. The second kappa shape index (κ2) is 8.28. The van der Waals surface area contributed by atoms with Crippen molar-refractivity contribution in [1.29, 1.82) is 0 Å². The summed E-state index contributed by atoms with van der Waals surface area (Å²) in [6.07, 6.45) is 1.000. The van der Waals surface area contributed by atoms with Crippen molar-refractivity contribution in [3.63, 3.8) is 0 Å². The minimum Gasteiger partial charge on any atom is -0.483 e. The van der Waals surface area contributed by atoms with Gasteiger partial charge in [-0.25, -0.2) is 0 Å².